The number of terminal acetylenes is 2. The normalized spacial score (nSPS) is 23.9. The maximum atomic E-state index is 5.72. The predicted octanol–water partition coefficient (Wildman–Crippen LogP) is 2.29. The molecule has 0 atom stereocenters. The lowest BCUT2D eigenvalue weighted by molar-refractivity contribution is -0.0915. The van der Waals surface area contributed by atoms with Gasteiger partial charge in [-0.25, -0.2) is 0 Å². The van der Waals surface area contributed by atoms with E-state index in [0.29, 0.717) is 13.2 Å². The molecule has 1 heterocycles. The highest BCUT2D eigenvalue weighted by Gasteiger charge is 2.45. The maximum Gasteiger partial charge on any atom is 0.107 e. The lowest BCUT2D eigenvalue weighted by Gasteiger charge is -2.54. The van der Waals surface area contributed by atoms with Crippen molar-refractivity contribution in [3.63, 3.8) is 0 Å². The minimum absolute atomic E-state index is 0.0490. The van der Waals surface area contributed by atoms with Gasteiger partial charge in [0.1, 0.15) is 6.61 Å². The second-order valence-corrected chi connectivity index (χ2v) is 5.96. The molecule has 0 N–H and O–H groups in total. The van der Waals surface area contributed by atoms with Gasteiger partial charge in [-0.1, -0.05) is 11.8 Å². The van der Waals surface area contributed by atoms with Crippen LogP contribution in [0, 0.1) is 24.7 Å². The van der Waals surface area contributed by atoms with Gasteiger partial charge in [0.15, 0.2) is 0 Å². The summed E-state index contributed by atoms with van der Waals surface area (Å²) in [5.74, 6) is 5.30. The third kappa shape index (κ3) is 3.25. The molecule has 1 rings (SSSR count). The molecule has 17 heavy (non-hydrogen) atoms. The van der Waals surface area contributed by atoms with Crippen molar-refractivity contribution in [2.24, 2.45) is 0 Å². The Kier molecular flexibility index (Phi) is 4.26. The van der Waals surface area contributed by atoms with Crippen molar-refractivity contribution in [1.82, 2.24) is 4.90 Å². The molecule has 0 aliphatic carbocycles. The van der Waals surface area contributed by atoms with Gasteiger partial charge >= 0.3 is 0 Å². The molecule has 0 radical (unpaired) electrons. The van der Waals surface area contributed by atoms with Crippen molar-refractivity contribution < 1.29 is 4.74 Å². The fourth-order valence-corrected chi connectivity index (χ4v) is 3.03. The van der Waals surface area contributed by atoms with E-state index in [9.17, 15) is 0 Å². The number of hydrogen-bond donors (Lipinski definition) is 0. The summed E-state index contributed by atoms with van der Waals surface area (Å²) in [6, 6.07) is 0. The van der Waals surface area contributed by atoms with E-state index in [-0.39, 0.29) is 17.2 Å². The van der Waals surface area contributed by atoms with Crippen LogP contribution in [0.25, 0.3) is 0 Å². The van der Waals surface area contributed by atoms with Gasteiger partial charge < -0.3 is 4.74 Å². The minimum Gasteiger partial charge on any atom is -0.365 e. The highest BCUT2D eigenvalue weighted by Crippen LogP contribution is 2.39. The molecule has 1 saturated heterocycles. The number of piperidine rings is 1. The topological polar surface area (TPSA) is 12.5 Å². The number of ether oxygens (including phenoxy) is 1. The molecule has 0 aromatic rings. The molecule has 1 aliphatic rings. The van der Waals surface area contributed by atoms with Crippen LogP contribution >= 0.6 is 0 Å². The largest absolute Gasteiger partial charge is 0.365 e. The predicted molar refractivity (Wildman–Crippen MR) is 71.5 cm³/mol. The van der Waals surface area contributed by atoms with Crippen LogP contribution < -0.4 is 0 Å². The fourth-order valence-electron chi connectivity index (χ4n) is 3.03. The standard InChI is InChI=1S/C15H23NO/c1-7-9-16-14(3,4)11-13(17-10-8-2)12-15(16,5)6/h1-2,13H,9-12H2,3-6H3. The Morgan fingerprint density at radius 2 is 1.65 bits per heavy atom. The van der Waals surface area contributed by atoms with Crippen molar-refractivity contribution in [2.75, 3.05) is 13.2 Å². The fraction of sp³-hybridized carbons (Fsp3) is 0.733. The van der Waals surface area contributed by atoms with E-state index in [1.807, 2.05) is 0 Å². The van der Waals surface area contributed by atoms with Gasteiger partial charge in [-0.05, 0) is 40.5 Å². The zero-order chi connectivity index (χ0) is 13.1. The molecule has 0 aromatic heterocycles. The zero-order valence-corrected chi connectivity index (χ0v) is 11.4. The van der Waals surface area contributed by atoms with Crippen LogP contribution in [0.15, 0.2) is 0 Å². The lowest BCUT2D eigenvalue weighted by atomic mass is 9.78. The first-order valence-corrected chi connectivity index (χ1v) is 6.10. The summed E-state index contributed by atoms with van der Waals surface area (Å²) in [6.45, 7) is 9.96. The second kappa shape index (κ2) is 5.13. The Balaban J connectivity index is 2.82. The van der Waals surface area contributed by atoms with Gasteiger partial charge in [0.05, 0.1) is 12.6 Å². The summed E-state index contributed by atoms with van der Waals surface area (Å²) >= 11 is 0. The molecule has 0 bridgehead atoms. The van der Waals surface area contributed by atoms with Crippen LogP contribution in [-0.4, -0.2) is 35.2 Å². The molecule has 0 unspecified atom stereocenters. The Bertz CT molecular complexity index is 325. The van der Waals surface area contributed by atoms with Crippen molar-refractivity contribution in [3.8, 4) is 24.7 Å². The van der Waals surface area contributed by atoms with E-state index in [2.05, 4.69) is 44.4 Å². The second-order valence-electron chi connectivity index (χ2n) is 5.96. The molecule has 2 nitrogen and oxygen atoms in total. The number of nitrogens with zero attached hydrogens (tertiary/aromatic N) is 1. The van der Waals surface area contributed by atoms with Crippen molar-refractivity contribution in [1.29, 1.82) is 0 Å². The third-order valence-electron chi connectivity index (χ3n) is 3.57. The van der Waals surface area contributed by atoms with Gasteiger partial charge in [0.2, 0.25) is 0 Å². The van der Waals surface area contributed by atoms with Crippen molar-refractivity contribution >= 4 is 0 Å². The molecule has 1 aliphatic heterocycles. The van der Waals surface area contributed by atoms with Crippen molar-refractivity contribution in [3.05, 3.63) is 0 Å². The van der Waals surface area contributed by atoms with Gasteiger partial charge in [-0.3, -0.25) is 4.90 Å². The lowest BCUT2D eigenvalue weighted by Crippen LogP contribution is -2.62. The maximum absolute atomic E-state index is 5.72. The van der Waals surface area contributed by atoms with Gasteiger partial charge in [-0.15, -0.1) is 12.8 Å². The van der Waals surface area contributed by atoms with Crippen LogP contribution in [0.3, 0.4) is 0 Å². The summed E-state index contributed by atoms with van der Waals surface area (Å²) in [5.41, 5.74) is 0.0980. The molecular formula is C15H23NO. The summed E-state index contributed by atoms with van der Waals surface area (Å²) in [4.78, 5) is 2.38. The molecule has 0 saturated carbocycles. The van der Waals surface area contributed by atoms with E-state index >= 15 is 0 Å². The molecule has 0 amide bonds. The Morgan fingerprint density at radius 3 is 2.06 bits per heavy atom. The smallest absolute Gasteiger partial charge is 0.107 e. The van der Waals surface area contributed by atoms with E-state index in [0.717, 1.165) is 12.8 Å². The summed E-state index contributed by atoms with van der Waals surface area (Å²) in [6.07, 6.45) is 12.9. The average molecular weight is 233 g/mol. The zero-order valence-electron chi connectivity index (χ0n) is 11.4. The van der Waals surface area contributed by atoms with Crippen LogP contribution in [0.4, 0.5) is 0 Å². The Hall–Kier alpha value is -0.960. The Morgan fingerprint density at radius 1 is 1.12 bits per heavy atom. The molecule has 94 valence electrons. The first kappa shape index (κ1) is 14.1. The van der Waals surface area contributed by atoms with Crippen LogP contribution in [0.5, 0.6) is 0 Å². The summed E-state index contributed by atoms with van der Waals surface area (Å²) in [7, 11) is 0. The van der Waals surface area contributed by atoms with E-state index in [4.69, 9.17) is 17.6 Å². The third-order valence-corrected chi connectivity index (χ3v) is 3.57. The van der Waals surface area contributed by atoms with E-state index < -0.39 is 0 Å². The summed E-state index contributed by atoms with van der Waals surface area (Å²) < 4.78 is 5.72. The molecule has 1 fully saturated rings. The number of rotatable bonds is 3. The van der Waals surface area contributed by atoms with E-state index in [1.165, 1.54) is 0 Å². The van der Waals surface area contributed by atoms with Crippen LogP contribution in [-0.2, 0) is 4.74 Å². The highest BCUT2D eigenvalue weighted by atomic mass is 16.5. The van der Waals surface area contributed by atoms with Gasteiger partial charge in [0.25, 0.3) is 0 Å². The van der Waals surface area contributed by atoms with Gasteiger partial charge in [0, 0.05) is 11.1 Å². The first-order chi connectivity index (χ1) is 7.83. The first-order valence-electron chi connectivity index (χ1n) is 6.10. The molecular weight excluding hydrogens is 210 g/mol. The minimum atomic E-state index is 0.0490. The number of hydrogen-bond acceptors (Lipinski definition) is 2. The Labute approximate surface area is 106 Å². The van der Waals surface area contributed by atoms with E-state index in [1.54, 1.807) is 0 Å². The van der Waals surface area contributed by atoms with Crippen molar-refractivity contribution in [2.45, 2.75) is 57.7 Å². The summed E-state index contributed by atoms with van der Waals surface area (Å²) in [5, 5.41) is 0. The number of likely N-dealkylation sites (tertiary alicyclic amines) is 1. The molecule has 0 spiro atoms. The van der Waals surface area contributed by atoms with Crippen LogP contribution in [0.2, 0.25) is 0 Å². The average Bonchev–Trinajstić information content (AvgIpc) is 2.19. The quantitative estimate of drug-likeness (QED) is 0.694. The SMILES string of the molecule is C#CCOC1CC(C)(C)N(CC#C)C(C)(C)C1. The highest BCUT2D eigenvalue weighted by molar-refractivity contribution is 5.05. The molecule has 2 heteroatoms. The van der Waals surface area contributed by atoms with Gasteiger partial charge in [-0.2, -0.15) is 0 Å². The molecule has 0 aromatic carbocycles. The van der Waals surface area contributed by atoms with Crippen LogP contribution in [0.1, 0.15) is 40.5 Å². The monoisotopic (exact) mass is 233 g/mol.